The topological polar surface area (TPSA) is 32.3 Å². The van der Waals surface area contributed by atoms with E-state index in [1.807, 2.05) is 41.3 Å². The Hall–Kier alpha value is -2.55. The van der Waals surface area contributed by atoms with Crippen molar-refractivity contribution in [2.45, 2.75) is 25.4 Å². The molecule has 3 nitrogen and oxygen atoms in total. The first-order valence-electron chi connectivity index (χ1n) is 7.57. The van der Waals surface area contributed by atoms with E-state index in [0.29, 0.717) is 0 Å². The number of benzene rings is 2. The summed E-state index contributed by atoms with van der Waals surface area (Å²) in [4.78, 5) is 14.0. The van der Waals surface area contributed by atoms with Crippen molar-refractivity contribution in [3.05, 3.63) is 72.8 Å². The fraction of sp³-hybridized carbons (Fsp3) is 0.211. The highest BCUT2D eigenvalue weighted by atomic mass is 16.2. The number of rotatable bonds is 3. The molecule has 1 heterocycles. The molecule has 0 radical (unpaired) electrons. The molecule has 0 saturated heterocycles. The number of hydrogen-bond acceptors (Lipinski definition) is 2. The van der Waals surface area contributed by atoms with E-state index in [1.165, 1.54) is 6.08 Å². The molecule has 0 saturated carbocycles. The fourth-order valence-electron chi connectivity index (χ4n) is 3.12. The average molecular weight is 292 g/mol. The van der Waals surface area contributed by atoms with Gasteiger partial charge in [-0.2, -0.15) is 0 Å². The summed E-state index contributed by atoms with van der Waals surface area (Å²) >= 11 is 0. The van der Waals surface area contributed by atoms with Crippen LogP contribution in [0.1, 0.15) is 24.9 Å². The zero-order valence-electron chi connectivity index (χ0n) is 12.7. The lowest BCUT2D eigenvalue weighted by Crippen LogP contribution is -2.43. The van der Waals surface area contributed by atoms with E-state index < -0.39 is 0 Å². The van der Waals surface area contributed by atoms with Gasteiger partial charge < -0.3 is 10.2 Å². The molecule has 2 aromatic carbocycles. The minimum atomic E-state index is -0.0434. The minimum absolute atomic E-state index is 0.0434. The van der Waals surface area contributed by atoms with Crippen molar-refractivity contribution in [1.82, 2.24) is 0 Å². The van der Waals surface area contributed by atoms with Gasteiger partial charge in [-0.3, -0.25) is 4.79 Å². The summed E-state index contributed by atoms with van der Waals surface area (Å²) < 4.78 is 0. The molecule has 0 aliphatic carbocycles. The van der Waals surface area contributed by atoms with Crippen LogP contribution in [0.5, 0.6) is 0 Å². The molecule has 1 N–H and O–H groups in total. The first kappa shape index (κ1) is 14.4. The minimum Gasteiger partial charge on any atom is -0.378 e. The second-order valence-electron chi connectivity index (χ2n) is 5.62. The number of para-hydroxylation sites is 2. The molecule has 1 aliphatic rings. The Morgan fingerprint density at radius 2 is 1.86 bits per heavy atom. The summed E-state index contributed by atoms with van der Waals surface area (Å²) in [5.41, 5.74) is 3.22. The Morgan fingerprint density at radius 1 is 1.18 bits per heavy atom. The van der Waals surface area contributed by atoms with E-state index in [-0.39, 0.29) is 18.0 Å². The molecule has 2 aromatic rings. The molecular weight excluding hydrogens is 272 g/mol. The second-order valence-corrected chi connectivity index (χ2v) is 5.62. The zero-order valence-corrected chi connectivity index (χ0v) is 12.7. The van der Waals surface area contributed by atoms with E-state index in [9.17, 15) is 4.79 Å². The third-order valence-electron chi connectivity index (χ3n) is 4.12. The lowest BCUT2D eigenvalue weighted by Gasteiger charge is -2.39. The van der Waals surface area contributed by atoms with E-state index in [4.69, 9.17) is 0 Å². The van der Waals surface area contributed by atoms with Crippen molar-refractivity contribution in [3.8, 4) is 0 Å². The van der Waals surface area contributed by atoms with Crippen LogP contribution in [-0.4, -0.2) is 11.9 Å². The summed E-state index contributed by atoms with van der Waals surface area (Å²) in [7, 11) is 0. The summed E-state index contributed by atoms with van der Waals surface area (Å²) in [5, 5.41) is 3.58. The van der Waals surface area contributed by atoms with Gasteiger partial charge in [-0.25, -0.2) is 0 Å². The molecule has 0 fully saturated rings. The van der Waals surface area contributed by atoms with Crippen LogP contribution >= 0.6 is 0 Å². The first-order valence-corrected chi connectivity index (χ1v) is 7.57. The van der Waals surface area contributed by atoms with Gasteiger partial charge in [0.15, 0.2) is 0 Å². The first-order chi connectivity index (χ1) is 10.7. The van der Waals surface area contributed by atoms with Gasteiger partial charge in [-0.05, 0) is 43.2 Å². The molecule has 112 valence electrons. The predicted octanol–water partition coefficient (Wildman–Crippen LogP) is 4.15. The molecule has 0 bridgehead atoms. The van der Waals surface area contributed by atoms with Crippen molar-refractivity contribution in [2.75, 3.05) is 10.2 Å². The quantitative estimate of drug-likeness (QED) is 0.862. The summed E-state index contributed by atoms with van der Waals surface area (Å²) in [6, 6.07) is 18.6. The van der Waals surface area contributed by atoms with Gasteiger partial charge in [-0.15, -0.1) is 0 Å². The molecule has 1 aliphatic heterocycles. The Morgan fingerprint density at radius 3 is 2.59 bits per heavy atom. The number of nitrogens with zero attached hydrogens (tertiary/aromatic N) is 1. The normalized spacial score (nSPS) is 20.1. The fourth-order valence-corrected chi connectivity index (χ4v) is 3.12. The number of carbonyl (C=O) groups is 1. The molecular formula is C19H20N2O. The van der Waals surface area contributed by atoms with Crippen molar-refractivity contribution in [2.24, 2.45) is 0 Å². The Kier molecular flexibility index (Phi) is 3.96. The summed E-state index contributed by atoms with van der Waals surface area (Å²) in [6.45, 7) is 5.70. The molecule has 1 amide bonds. The molecule has 3 heteroatoms. The number of amides is 1. The van der Waals surface area contributed by atoms with Crippen LogP contribution in [0, 0.1) is 0 Å². The van der Waals surface area contributed by atoms with Crippen LogP contribution < -0.4 is 10.2 Å². The lowest BCUT2D eigenvalue weighted by atomic mass is 9.91. The predicted molar refractivity (Wildman–Crippen MR) is 91.0 cm³/mol. The monoisotopic (exact) mass is 292 g/mol. The summed E-state index contributed by atoms with van der Waals surface area (Å²) in [6.07, 6.45) is 2.25. The van der Waals surface area contributed by atoms with E-state index in [1.54, 1.807) is 0 Å². The Balaban J connectivity index is 1.97. The van der Waals surface area contributed by atoms with Crippen molar-refractivity contribution in [3.63, 3.8) is 0 Å². The van der Waals surface area contributed by atoms with Crippen molar-refractivity contribution in [1.29, 1.82) is 0 Å². The van der Waals surface area contributed by atoms with Crippen LogP contribution in [0.15, 0.2) is 67.3 Å². The largest absolute Gasteiger partial charge is 0.378 e. The van der Waals surface area contributed by atoms with Gasteiger partial charge in [0.05, 0.1) is 6.04 Å². The highest BCUT2D eigenvalue weighted by Crippen LogP contribution is 2.38. The Labute approximate surface area is 131 Å². The van der Waals surface area contributed by atoms with Crippen LogP contribution in [0.2, 0.25) is 0 Å². The smallest absolute Gasteiger partial charge is 0.250 e. The standard InChI is InChI=1S/C19H20N2O/c1-3-19(22)21-14(2)13-17(16-11-7-8-12-18(16)21)20-15-9-5-4-6-10-15/h3-12,14,17,20H,1,13H2,2H3/t14-,17-/m0/s1. The molecule has 0 aromatic heterocycles. The second kappa shape index (κ2) is 6.06. The molecule has 0 unspecified atom stereocenters. The maximum absolute atomic E-state index is 12.2. The molecule has 2 atom stereocenters. The number of nitrogens with one attached hydrogen (secondary N) is 1. The van der Waals surface area contributed by atoms with E-state index in [0.717, 1.165) is 23.4 Å². The highest BCUT2D eigenvalue weighted by molar-refractivity contribution is 6.02. The van der Waals surface area contributed by atoms with Gasteiger partial charge >= 0.3 is 0 Å². The SMILES string of the molecule is C=CC(=O)N1c2ccccc2[C@@H](Nc2ccccc2)C[C@@H]1C. The molecule has 0 spiro atoms. The zero-order chi connectivity index (χ0) is 15.5. The Bertz CT molecular complexity index is 681. The van der Waals surface area contributed by atoms with Crippen molar-refractivity contribution >= 4 is 17.3 Å². The molecule has 3 rings (SSSR count). The van der Waals surface area contributed by atoms with E-state index >= 15 is 0 Å². The number of hydrogen-bond donors (Lipinski definition) is 1. The lowest BCUT2D eigenvalue weighted by molar-refractivity contribution is -0.114. The third kappa shape index (κ3) is 2.62. The number of carbonyl (C=O) groups excluding carboxylic acids is 1. The van der Waals surface area contributed by atoms with Gasteiger partial charge in [0, 0.05) is 17.4 Å². The average Bonchev–Trinajstić information content (AvgIpc) is 2.55. The maximum Gasteiger partial charge on any atom is 0.250 e. The summed E-state index contributed by atoms with van der Waals surface area (Å²) in [5.74, 6) is -0.0434. The third-order valence-corrected chi connectivity index (χ3v) is 4.12. The van der Waals surface area contributed by atoms with Gasteiger partial charge in [0.25, 0.3) is 5.91 Å². The highest BCUT2D eigenvalue weighted by Gasteiger charge is 2.32. The maximum atomic E-state index is 12.2. The molecule has 22 heavy (non-hydrogen) atoms. The number of anilines is 2. The van der Waals surface area contributed by atoms with Gasteiger partial charge in [0.2, 0.25) is 0 Å². The van der Waals surface area contributed by atoms with Crippen LogP contribution in [-0.2, 0) is 4.79 Å². The van der Waals surface area contributed by atoms with Gasteiger partial charge in [-0.1, -0.05) is 43.0 Å². The van der Waals surface area contributed by atoms with E-state index in [2.05, 4.69) is 37.0 Å². The van der Waals surface area contributed by atoms with Crippen LogP contribution in [0.4, 0.5) is 11.4 Å². The van der Waals surface area contributed by atoms with Crippen molar-refractivity contribution < 1.29 is 4.79 Å². The van der Waals surface area contributed by atoms with Crippen LogP contribution in [0.3, 0.4) is 0 Å². The number of fused-ring (bicyclic) bond motifs is 1. The van der Waals surface area contributed by atoms with Gasteiger partial charge in [0.1, 0.15) is 0 Å². The van der Waals surface area contributed by atoms with Crippen LogP contribution in [0.25, 0.3) is 0 Å².